The minimum atomic E-state index is -0.694. The lowest BCUT2D eigenvalue weighted by Gasteiger charge is -2.42. The van der Waals surface area contributed by atoms with E-state index in [-0.39, 0.29) is 6.04 Å². The Kier molecular flexibility index (Phi) is 2.38. The lowest BCUT2D eigenvalue weighted by atomic mass is 9.90. The second-order valence-electron chi connectivity index (χ2n) is 5.84. The van der Waals surface area contributed by atoms with Gasteiger partial charge in [0.1, 0.15) is 24.1 Å². The van der Waals surface area contributed by atoms with Gasteiger partial charge in [0.2, 0.25) is 5.88 Å². The second kappa shape index (κ2) is 4.02. The fraction of sp³-hybridized carbons (Fsp3) is 0.500. The maximum atomic E-state index is 10.4. The number of anilines is 1. The Bertz CT molecular complexity index is 668. The number of piperidine rings is 1. The Labute approximate surface area is 116 Å². The fourth-order valence-corrected chi connectivity index (χ4v) is 3.09. The molecule has 6 nitrogen and oxygen atoms in total. The van der Waals surface area contributed by atoms with Crippen LogP contribution in [0.2, 0.25) is 0 Å². The highest BCUT2D eigenvalue weighted by molar-refractivity contribution is 5.94. The zero-order valence-corrected chi connectivity index (χ0v) is 11.3. The van der Waals surface area contributed by atoms with Crippen LogP contribution in [0.5, 0.6) is 5.88 Å². The smallest absolute Gasteiger partial charge is 0.226 e. The van der Waals surface area contributed by atoms with Crippen LogP contribution >= 0.6 is 0 Å². The van der Waals surface area contributed by atoms with Gasteiger partial charge >= 0.3 is 0 Å². The Balaban J connectivity index is 1.92. The van der Waals surface area contributed by atoms with Gasteiger partial charge in [-0.2, -0.15) is 0 Å². The molecule has 2 aliphatic heterocycles. The Morgan fingerprint density at radius 1 is 1.40 bits per heavy atom. The zero-order chi connectivity index (χ0) is 13.7. The third kappa shape index (κ3) is 1.71. The maximum Gasteiger partial charge on any atom is 0.226 e. The highest BCUT2D eigenvalue weighted by atomic mass is 16.5. The quantitative estimate of drug-likeness (QED) is 0.775. The summed E-state index contributed by atoms with van der Waals surface area (Å²) in [5.74, 6) is 1.41. The molecule has 0 radical (unpaired) electrons. The van der Waals surface area contributed by atoms with Crippen molar-refractivity contribution in [2.24, 2.45) is 0 Å². The summed E-state index contributed by atoms with van der Waals surface area (Å²) in [6.07, 6.45) is 4.92. The first-order chi connectivity index (χ1) is 9.64. The van der Waals surface area contributed by atoms with E-state index in [4.69, 9.17) is 4.74 Å². The van der Waals surface area contributed by atoms with Crippen molar-refractivity contribution in [1.29, 1.82) is 0 Å². The molecule has 0 spiro atoms. The SMILES string of the molecule is CC1(O)CCC2COc3nccc4ncnc(c34)N2C1. The number of rotatable bonds is 0. The van der Waals surface area contributed by atoms with Crippen molar-refractivity contribution in [3.8, 4) is 5.88 Å². The molecule has 1 fully saturated rings. The molecule has 2 atom stereocenters. The molecule has 4 rings (SSSR count). The molecule has 2 aliphatic rings. The lowest BCUT2D eigenvalue weighted by Crippen LogP contribution is -2.53. The Hall–Kier alpha value is -1.95. The van der Waals surface area contributed by atoms with Gasteiger partial charge in [0, 0.05) is 12.7 Å². The van der Waals surface area contributed by atoms with Gasteiger partial charge in [-0.05, 0) is 25.8 Å². The molecule has 0 saturated carbocycles. The molecule has 1 N–H and O–H groups in total. The normalized spacial score (nSPS) is 28.7. The van der Waals surface area contributed by atoms with Crippen LogP contribution in [-0.4, -0.2) is 44.9 Å². The molecule has 2 unspecified atom stereocenters. The highest BCUT2D eigenvalue weighted by Crippen LogP contribution is 2.38. The first-order valence-corrected chi connectivity index (χ1v) is 6.86. The van der Waals surface area contributed by atoms with Gasteiger partial charge in [-0.25, -0.2) is 15.0 Å². The van der Waals surface area contributed by atoms with E-state index in [1.165, 1.54) is 0 Å². The molecule has 20 heavy (non-hydrogen) atoms. The van der Waals surface area contributed by atoms with E-state index in [1.54, 1.807) is 12.5 Å². The number of ether oxygens (including phenoxy) is 1. The number of fused-ring (bicyclic) bond motifs is 2. The summed E-state index contributed by atoms with van der Waals surface area (Å²) in [4.78, 5) is 15.2. The van der Waals surface area contributed by atoms with Crippen LogP contribution in [0.1, 0.15) is 19.8 Å². The van der Waals surface area contributed by atoms with Gasteiger partial charge in [-0.3, -0.25) is 0 Å². The van der Waals surface area contributed by atoms with Crippen LogP contribution in [-0.2, 0) is 0 Å². The molecule has 4 heterocycles. The summed E-state index contributed by atoms with van der Waals surface area (Å²) in [6, 6.07) is 2.08. The highest BCUT2D eigenvalue weighted by Gasteiger charge is 2.38. The summed E-state index contributed by atoms with van der Waals surface area (Å²) >= 11 is 0. The number of aliphatic hydroxyl groups is 1. The number of hydrogen-bond donors (Lipinski definition) is 1. The number of hydrogen-bond acceptors (Lipinski definition) is 6. The van der Waals surface area contributed by atoms with Gasteiger partial charge in [0.15, 0.2) is 0 Å². The summed E-state index contributed by atoms with van der Waals surface area (Å²) in [5, 5.41) is 11.2. The van der Waals surface area contributed by atoms with Crippen LogP contribution in [0, 0.1) is 0 Å². The zero-order valence-electron chi connectivity index (χ0n) is 11.3. The van der Waals surface area contributed by atoms with Crippen LogP contribution in [0.15, 0.2) is 18.6 Å². The van der Waals surface area contributed by atoms with E-state index in [2.05, 4.69) is 19.9 Å². The monoisotopic (exact) mass is 272 g/mol. The van der Waals surface area contributed by atoms with Crippen molar-refractivity contribution in [3.63, 3.8) is 0 Å². The summed E-state index contributed by atoms with van der Waals surface area (Å²) in [6.45, 7) is 3.00. The van der Waals surface area contributed by atoms with Gasteiger partial charge in [0.25, 0.3) is 0 Å². The molecule has 0 amide bonds. The third-order valence-corrected chi connectivity index (χ3v) is 4.15. The molecule has 0 aromatic carbocycles. The van der Waals surface area contributed by atoms with E-state index in [0.29, 0.717) is 19.0 Å². The maximum absolute atomic E-state index is 10.4. The molecule has 6 heteroatoms. The molecule has 2 aromatic heterocycles. The predicted molar refractivity (Wildman–Crippen MR) is 73.8 cm³/mol. The van der Waals surface area contributed by atoms with Crippen molar-refractivity contribution >= 4 is 16.7 Å². The molecular formula is C14H16N4O2. The molecule has 0 bridgehead atoms. The number of pyridine rings is 1. The molecule has 1 saturated heterocycles. The van der Waals surface area contributed by atoms with E-state index < -0.39 is 5.60 Å². The Morgan fingerprint density at radius 3 is 3.20 bits per heavy atom. The first kappa shape index (κ1) is 11.8. The largest absolute Gasteiger partial charge is 0.475 e. The van der Waals surface area contributed by atoms with Crippen LogP contribution < -0.4 is 9.64 Å². The number of nitrogens with zero attached hydrogens (tertiary/aromatic N) is 4. The standard InChI is InChI=1S/C14H16N4O2/c1-14(19)4-2-9-6-20-13-11-10(3-5-15-13)16-8-17-12(11)18(9)7-14/h3,5,8-9,19H,2,4,6-7H2,1H3. The fourth-order valence-electron chi connectivity index (χ4n) is 3.09. The minimum Gasteiger partial charge on any atom is -0.475 e. The van der Waals surface area contributed by atoms with Gasteiger partial charge in [0.05, 0.1) is 17.2 Å². The van der Waals surface area contributed by atoms with E-state index >= 15 is 0 Å². The molecule has 2 aromatic rings. The second-order valence-corrected chi connectivity index (χ2v) is 5.84. The first-order valence-electron chi connectivity index (χ1n) is 6.86. The summed E-state index contributed by atoms with van der Waals surface area (Å²) in [7, 11) is 0. The predicted octanol–water partition coefficient (Wildman–Crippen LogP) is 1.14. The van der Waals surface area contributed by atoms with Crippen molar-refractivity contribution in [1.82, 2.24) is 15.0 Å². The van der Waals surface area contributed by atoms with E-state index in [0.717, 1.165) is 29.6 Å². The Morgan fingerprint density at radius 2 is 2.30 bits per heavy atom. The minimum absolute atomic E-state index is 0.225. The van der Waals surface area contributed by atoms with Gasteiger partial charge < -0.3 is 14.7 Å². The van der Waals surface area contributed by atoms with Gasteiger partial charge in [-0.15, -0.1) is 0 Å². The van der Waals surface area contributed by atoms with Gasteiger partial charge in [-0.1, -0.05) is 0 Å². The molecular weight excluding hydrogens is 256 g/mol. The average Bonchev–Trinajstić information content (AvgIpc) is 2.58. The molecule has 104 valence electrons. The summed E-state index contributed by atoms with van der Waals surface area (Å²) < 4.78 is 5.84. The third-order valence-electron chi connectivity index (χ3n) is 4.15. The van der Waals surface area contributed by atoms with Crippen molar-refractivity contribution in [2.45, 2.75) is 31.4 Å². The van der Waals surface area contributed by atoms with Crippen molar-refractivity contribution < 1.29 is 9.84 Å². The lowest BCUT2D eigenvalue weighted by molar-refractivity contribution is 0.0322. The van der Waals surface area contributed by atoms with Crippen LogP contribution in [0.3, 0.4) is 0 Å². The van der Waals surface area contributed by atoms with Crippen LogP contribution in [0.25, 0.3) is 10.9 Å². The average molecular weight is 272 g/mol. The number of aromatic nitrogens is 3. The van der Waals surface area contributed by atoms with E-state index in [1.807, 2.05) is 13.0 Å². The van der Waals surface area contributed by atoms with E-state index in [9.17, 15) is 5.11 Å². The topological polar surface area (TPSA) is 71.4 Å². The van der Waals surface area contributed by atoms with Crippen LogP contribution in [0.4, 0.5) is 5.82 Å². The molecule has 0 aliphatic carbocycles. The van der Waals surface area contributed by atoms with Crippen molar-refractivity contribution in [3.05, 3.63) is 18.6 Å². The summed E-state index contributed by atoms with van der Waals surface area (Å²) in [5.41, 5.74) is 0.131. The van der Waals surface area contributed by atoms with Crippen molar-refractivity contribution in [2.75, 3.05) is 18.1 Å².